The number of nitrogens with one attached hydrogen (secondary N) is 1. The van der Waals surface area contributed by atoms with Crippen LogP contribution in [0.5, 0.6) is 11.5 Å². The molecule has 1 atom stereocenters. The van der Waals surface area contributed by atoms with E-state index < -0.39 is 22.5 Å². The van der Waals surface area contributed by atoms with Crippen molar-refractivity contribution in [2.45, 2.75) is 38.1 Å². The van der Waals surface area contributed by atoms with Gasteiger partial charge in [0.05, 0.1) is 30.8 Å². The Kier molecular flexibility index (Phi) is 8.40. The molecule has 3 aromatic carbocycles. The lowest BCUT2D eigenvalue weighted by atomic mass is 10.0. The van der Waals surface area contributed by atoms with Gasteiger partial charge in [-0.25, -0.2) is 8.42 Å². The molecule has 0 fully saturated rings. The number of anilines is 1. The Morgan fingerprint density at radius 3 is 2.06 bits per heavy atom. The molecule has 0 saturated carbocycles. The number of carbonyl (C=O) groups excluding carboxylic acids is 1. The van der Waals surface area contributed by atoms with Crippen LogP contribution in [0.1, 0.15) is 36.1 Å². The topological polar surface area (TPSA) is 84.9 Å². The lowest BCUT2D eigenvalue weighted by Crippen LogP contribution is -2.42. The first-order valence-corrected chi connectivity index (χ1v) is 12.8. The van der Waals surface area contributed by atoms with Crippen molar-refractivity contribution >= 4 is 21.6 Å². The van der Waals surface area contributed by atoms with Crippen molar-refractivity contribution in [1.29, 1.82) is 0 Å². The zero-order valence-corrected chi connectivity index (χ0v) is 21.6. The van der Waals surface area contributed by atoms with Crippen LogP contribution in [-0.4, -0.2) is 35.1 Å². The van der Waals surface area contributed by atoms with Crippen LogP contribution in [0, 0.1) is 13.8 Å². The number of hydrogen-bond donors (Lipinski definition) is 1. The molecule has 0 unspecified atom stereocenters. The van der Waals surface area contributed by atoms with Gasteiger partial charge in [0.1, 0.15) is 18.0 Å². The molecule has 1 amide bonds. The lowest BCUT2D eigenvalue weighted by Gasteiger charge is -2.27. The molecule has 7 nitrogen and oxygen atoms in total. The number of carbonyl (C=O) groups is 1. The van der Waals surface area contributed by atoms with E-state index in [1.54, 1.807) is 30.3 Å². The van der Waals surface area contributed by atoms with E-state index in [4.69, 9.17) is 9.47 Å². The number of aryl methyl sites for hydroxylation is 2. The fourth-order valence-corrected chi connectivity index (χ4v) is 5.14. The molecular weight excluding hydrogens is 464 g/mol. The van der Waals surface area contributed by atoms with Gasteiger partial charge in [-0.1, -0.05) is 54.4 Å². The van der Waals surface area contributed by atoms with E-state index in [2.05, 4.69) is 5.32 Å². The Bertz CT molecular complexity index is 1260. The van der Waals surface area contributed by atoms with Crippen molar-refractivity contribution in [3.8, 4) is 11.5 Å². The van der Waals surface area contributed by atoms with Crippen molar-refractivity contribution in [2.75, 3.05) is 25.1 Å². The van der Waals surface area contributed by atoms with E-state index in [-0.39, 0.29) is 16.6 Å². The number of rotatable bonds is 10. The molecule has 186 valence electrons. The molecule has 1 N–H and O–H groups in total. The smallest absolute Gasteiger partial charge is 0.264 e. The van der Waals surface area contributed by atoms with E-state index >= 15 is 0 Å². The number of nitrogens with zero attached hydrogens (tertiary/aromatic N) is 1. The molecule has 0 bridgehead atoms. The third kappa shape index (κ3) is 6.14. The number of amides is 1. The average Bonchev–Trinajstić information content (AvgIpc) is 2.86. The third-order valence-corrected chi connectivity index (χ3v) is 7.55. The minimum atomic E-state index is -4.10. The molecule has 3 rings (SSSR count). The first-order chi connectivity index (χ1) is 16.7. The molecule has 8 heteroatoms. The number of benzene rings is 3. The average molecular weight is 497 g/mol. The zero-order chi connectivity index (χ0) is 25.6. The highest BCUT2D eigenvalue weighted by atomic mass is 32.2. The SMILES string of the molecule is CC[C@@H](NC(=O)CN(c1cc(OC)ccc1OC)S(=O)(=O)c1ccc(C)cc1)c1ccc(C)cc1. The lowest BCUT2D eigenvalue weighted by molar-refractivity contribution is -0.120. The third-order valence-electron chi connectivity index (χ3n) is 5.77. The first-order valence-electron chi connectivity index (χ1n) is 11.4. The summed E-state index contributed by atoms with van der Waals surface area (Å²) in [4.78, 5) is 13.3. The summed E-state index contributed by atoms with van der Waals surface area (Å²) in [6.07, 6.45) is 0.655. The molecule has 0 spiro atoms. The van der Waals surface area contributed by atoms with Gasteiger partial charge < -0.3 is 14.8 Å². The van der Waals surface area contributed by atoms with Crippen LogP contribution in [0.4, 0.5) is 5.69 Å². The van der Waals surface area contributed by atoms with Crippen LogP contribution in [0.3, 0.4) is 0 Å². The summed E-state index contributed by atoms with van der Waals surface area (Å²) in [6, 6.07) is 19.0. The second kappa shape index (κ2) is 11.3. The molecule has 0 aliphatic rings. The first kappa shape index (κ1) is 26.1. The Morgan fingerprint density at radius 1 is 0.914 bits per heavy atom. The van der Waals surface area contributed by atoms with Crippen LogP contribution in [0.25, 0.3) is 0 Å². The summed E-state index contributed by atoms with van der Waals surface area (Å²) in [5.41, 5.74) is 3.22. The van der Waals surface area contributed by atoms with Gasteiger partial charge in [-0.15, -0.1) is 0 Å². The number of sulfonamides is 1. The van der Waals surface area contributed by atoms with E-state index in [1.165, 1.54) is 26.4 Å². The maximum atomic E-state index is 13.8. The van der Waals surface area contributed by atoms with Crippen LogP contribution >= 0.6 is 0 Å². The minimum absolute atomic E-state index is 0.0753. The van der Waals surface area contributed by atoms with E-state index in [1.807, 2.05) is 45.0 Å². The quantitative estimate of drug-likeness (QED) is 0.437. The van der Waals surface area contributed by atoms with Crippen LogP contribution in [-0.2, 0) is 14.8 Å². The molecule has 0 saturated heterocycles. The minimum Gasteiger partial charge on any atom is -0.497 e. The van der Waals surface area contributed by atoms with Crippen molar-refractivity contribution in [1.82, 2.24) is 5.32 Å². The normalized spacial score (nSPS) is 12.0. The monoisotopic (exact) mass is 496 g/mol. The zero-order valence-electron chi connectivity index (χ0n) is 20.7. The van der Waals surface area contributed by atoms with Gasteiger partial charge in [-0.3, -0.25) is 9.10 Å². The van der Waals surface area contributed by atoms with Crippen molar-refractivity contribution in [2.24, 2.45) is 0 Å². The highest BCUT2D eigenvalue weighted by molar-refractivity contribution is 7.92. The van der Waals surface area contributed by atoms with Gasteiger partial charge in [0.15, 0.2) is 0 Å². The summed E-state index contributed by atoms with van der Waals surface area (Å²) in [7, 11) is -1.16. The van der Waals surface area contributed by atoms with E-state index in [0.717, 1.165) is 21.0 Å². The standard InChI is InChI=1S/C27H32N2O5S/c1-6-24(21-11-7-19(2)8-12-21)28-27(30)18-29(25-17-22(33-4)13-16-26(25)34-5)35(31,32)23-14-9-20(3)10-15-23/h7-17,24H,6,18H2,1-5H3,(H,28,30)/t24-/m1/s1. The van der Waals surface area contributed by atoms with Crippen LogP contribution in [0.15, 0.2) is 71.6 Å². The number of hydrogen-bond acceptors (Lipinski definition) is 5. The summed E-state index contributed by atoms with van der Waals surface area (Å²) in [5.74, 6) is 0.314. The predicted octanol–water partition coefficient (Wildman–Crippen LogP) is 4.78. The summed E-state index contributed by atoms with van der Waals surface area (Å²) in [6.45, 7) is 5.42. The molecule has 0 radical (unpaired) electrons. The van der Waals surface area contributed by atoms with E-state index in [0.29, 0.717) is 17.9 Å². The molecule has 0 heterocycles. The second-order valence-corrected chi connectivity index (χ2v) is 10.2. The molecule has 0 aliphatic heterocycles. The summed E-state index contributed by atoms with van der Waals surface area (Å²) in [5, 5.41) is 2.98. The largest absolute Gasteiger partial charge is 0.497 e. The van der Waals surface area contributed by atoms with Crippen molar-refractivity contribution in [3.05, 3.63) is 83.4 Å². The Hall–Kier alpha value is -3.52. The summed E-state index contributed by atoms with van der Waals surface area (Å²) < 4.78 is 39.3. The van der Waals surface area contributed by atoms with Gasteiger partial charge in [0.2, 0.25) is 5.91 Å². The van der Waals surface area contributed by atoms with Gasteiger partial charge in [-0.05, 0) is 50.1 Å². The van der Waals surface area contributed by atoms with Gasteiger partial charge in [0.25, 0.3) is 10.0 Å². The second-order valence-electron chi connectivity index (χ2n) is 8.30. The molecule has 3 aromatic rings. The van der Waals surface area contributed by atoms with Gasteiger partial charge >= 0.3 is 0 Å². The Balaban J connectivity index is 2.01. The molecule has 0 aromatic heterocycles. The maximum absolute atomic E-state index is 13.8. The van der Waals surface area contributed by atoms with Crippen molar-refractivity contribution in [3.63, 3.8) is 0 Å². The highest BCUT2D eigenvalue weighted by Crippen LogP contribution is 2.35. The van der Waals surface area contributed by atoms with Gasteiger partial charge in [-0.2, -0.15) is 0 Å². The Morgan fingerprint density at radius 2 is 1.51 bits per heavy atom. The van der Waals surface area contributed by atoms with Gasteiger partial charge in [0, 0.05) is 6.07 Å². The Labute approximate surface area is 207 Å². The van der Waals surface area contributed by atoms with Crippen molar-refractivity contribution < 1.29 is 22.7 Å². The van der Waals surface area contributed by atoms with E-state index in [9.17, 15) is 13.2 Å². The fourth-order valence-electron chi connectivity index (χ4n) is 3.72. The molecule has 35 heavy (non-hydrogen) atoms. The van der Waals surface area contributed by atoms with Crippen LogP contribution < -0.4 is 19.1 Å². The number of ether oxygens (including phenoxy) is 2. The predicted molar refractivity (Wildman–Crippen MR) is 138 cm³/mol. The fraction of sp³-hybridized carbons (Fsp3) is 0.296. The molecule has 0 aliphatic carbocycles. The summed E-state index contributed by atoms with van der Waals surface area (Å²) >= 11 is 0. The highest BCUT2D eigenvalue weighted by Gasteiger charge is 2.30. The number of methoxy groups -OCH3 is 2. The maximum Gasteiger partial charge on any atom is 0.264 e. The van der Waals surface area contributed by atoms with Crippen LogP contribution in [0.2, 0.25) is 0 Å². The molecular formula is C27H32N2O5S.